The summed E-state index contributed by atoms with van der Waals surface area (Å²) in [5.41, 5.74) is 0.477. The van der Waals surface area contributed by atoms with Gasteiger partial charge in [0.1, 0.15) is 17.2 Å². The number of aromatic amines is 1. The minimum atomic E-state index is -0.615. The van der Waals surface area contributed by atoms with Crippen molar-refractivity contribution < 1.29 is 9.18 Å². The highest BCUT2D eigenvalue weighted by Crippen LogP contribution is 2.20. The molecule has 1 amide bonds. The molecule has 136 valence electrons. The maximum atomic E-state index is 13.4. The minimum Gasteiger partial charge on any atom is -0.313 e. The second kappa shape index (κ2) is 6.05. The molecular weight excluding hydrogens is 337 g/mol. The second-order valence-corrected chi connectivity index (χ2v) is 7.21. The van der Waals surface area contributed by atoms with Gasteiger partial charge < -0.3 is 9.55 Å². The summed E-state index contributed by atoms with van der Waals surface area (Å²) in [4.78, 5) is 36.3. The maximum absolute atomic E-state index is 13.4. The average Bonchev–Trinajstić information content (AvgIpc) is 2.81. The van der Waals surface area contributed by atoms with Gasteiger partial charge in [-0.2, -0.15) is 0 Å². The molecule has 0 saturated heterocycles. The molecule has 0 aliphatic heterocycles. The van der Waals surface area contributed by atoms with Gasteiger partial charge in [-0.05, 0) is 19.1 Å². The number of hydrogen-bond donors (Lipinski definition) is 2. The van der Waals surface area contributed by atoms with Crippen molar-refractivity contribution in [2.75, 3.05) is 5.32 Å². The van der Waals surface area contributed by atoms with Crippen molar-refractivity contribution in [3.05, 3.63) is 51.5 Å². The number of hydrogen-bond acceptors (Lipinski definition) is 4. The molecule has 26 heavy (non-hydrogen) atoms. The molecule has 3 aromatic rings. The first-order chi connectivity index (χ1) is 12.1. The Morgan fingerprint density at radius 3 is 2.58 bits per heavy atom. The van der Waals surface area contributed by atoms with Crippen LogP contribution in [0.3, 0.4) is 0 Å². The third kappa shape index (κ3) is 3.10. The monoisotopic (exact) mass is 357 g/mol. The van der Waals surface area contributed by atoms with E-state index in [0.29, 0.717) is 22.6 Å². The standard InChI is InChI=1S/C18H20FN5O2/c1-9-13(14(25)22-16(20-9)18(2,3)4)15(26)23-17-21-11-8-10(19)6-7-12(11)24(17)5/h6-8H,1-5H3,(H,20,22,25)(H,21,23,26). The smallest absolute Gasteiger partial charge is 0.265 e. The molecular formula is C18H20FN5O2. The van der Waals surface area contributed by atoms with Crippen LogP contribution in [0.2, 0.25) is 0 Å². The van der Waals surface area contributed by atoms with Crippen molar-refractivity contribution in [2.45, 2.75) is 33.1 Å². The number of imidazole rings is 1. The highest BCUT2D eigenvalue weighted by molar-refractivity contribution is 6.04. The van der Waals surface area contributed by atoms with Crippen LogP contribution in [0.4, 0.5) is 10.3 Å². The number of anilines is 1. The SMILES string of the molecule is Cc1nc(C(C)(C)C)[nH]c(=O)c1C(=O)Nc1nc2cc(F)ccc2n1C. The predicted octanol–water partition coefficient (Wildman–Crippen LogP) is 2.65. The molecule has 0 spiro atoms. The van der Waals surface area contributed by atoms with Crippen LogP contribution in [-0.4, -0.2) is 25.4 Å². The zero-order valence-corrected chi connectivity index (χ0v) is 15.3. The summed E-state index contributed by atoms with van der Waals surface area (Å²) in [6, 6.07) is 4.17. The first-order valence-corrected chi connectivity index (χ1v) is 8.12. The summed E-state index contributed by atoms with van der Waals surface area (Å²) >= 11 is 0. The van der Waals surface area contributed by atoms with Gasteiger partial charge in [0.25, 0.3) is 11.5 Å². The summed E-state index contributed by atoms with van der Waals surface area (Å²) in [6.45, 7) is 7.37. The molecule has 7 nitrogen and oxygen atoms in total. The molecule has 0 unspecified atom stereocenters. The molecule has 8 heteroatoms. The number of rotatable bonds is 2. The van der Waals surface area contributed by atoms with Crippen molar-refractivity contribution in [3.8, 4) is 0 Å². The molecule has 2 heterocycles. The van der Waals surface area contributed by atoms with Gasteiger partial charge in [-0.1, -0.05) is 20.8 Å². The fourth-order valence-corrected chi connectivity index (χ4v) is 2.66. The highest BCUT2D eigenvalue weighted by atomic mass is 19.1. The van der Waals surface area contributed by atoms with Crippen molar-refractivity contribution >= 4 is 22.9 Å². The summed E-state index contributed by atoms with van der Waals surface area (Å²) in [6.07, 6.45) is 0. The Morgan fingerprint density at radius 2 is 1.96 bits per heavy atom. The zero-order chi connectivity index (χ0) is 19.2. The Kier molecular flexibility index (Phi) is 4.14. The van der Waals surface area contributed by atoms with E-state index in [1.165, 1.54) is 12.1 Å². The quantitative estimate of drug-likeness (QED) is 0.737. The maximum Gasteiger partial charge on any atom is 0.265 e. The Bertz CT molecular complexity index is 1080. The molecule has 0 radical (unpaired) electrons. The van der Waals surface area contributed by atoms with Gasteiger partial charge in [-0.3, -0.25) is 14.9 Å². The average molecular weight is 357 g/mol. The lowest BCUT2D eigenvalue weighted by Crippen LogP contribution is -2.30. The first-order valence-electron chi connectivity index (χ1n) is 8.12. The van der Waals surface area contributed by atoms with E-state index in [2.05, 4.69) is 20.3 Å². The van der Waals surface area contributed by atoms with Gasteiger partial charge in [0.2, 0.25) is 5.95 Å². The van der Waals surface area contributed by atoms with Crippen LogP contribution in [0.25, 0.3) is 11.0 Å². The Morgan fingerprint density at radius 1 is 1.27 bits per heavy atom. The van der Waals surface area contributed by atoms with Crippen molar-refractivity contribution in [1.82, 2.24) is 19.5 Å². The zero-order valence-electron chi connectivity index (χ0n) is 15.3. The van der Waals surface area contributed by atoms with Gasteiger partial charge >= 0.3 is 0 Å². The van der Waals surface area contributed by atoms with E-state index in [9.17, 15) is 14.0 Å². The van der Waals surface area contributed by atoms with E-state index in [0.717, 1.165) is 0 Å². The molecule has 0 saturated carbocycles. The molecule has 0 atom stereocenters. The Balaban J connectivity index is 1.99. The fraction of sp³-hybridized carbons (Fsp3) is 0.333. The lowest BCUT2D eigenvalue weighted by atomic mass is 9.95. The minimum absolute atomic E-state index is 0.0729. The van der Waals surface area contributed by atoms with Gasteiger partial charge in [-0.15, -0.1) is 0 Å². The van der Waals surface area contributed by atoms with Crippen LogP contribution in [-0.2, 0) is 12.5 Å². The molecule has 2 N–H and O–H groups in total. The van der Waals surface area contributed by atoms with Crippen molar-refractivity contribution in [3.63, 3.8) is 0 Å². The third-order valence-corrected chi connectivity index (χ3v) is 4.11. The molecule has 0 aliphatic rings. The Hall–Kier alpha value is -3.03. The van der Waals surface area contributed by atoms with Gasteiger partial charge in [-0.25, -0.2) is 14.4 Å². The summed E-state index contributed by atoms with van der Waals surface area (Å²) in [5.74, 6) is -0.303. The number of fused-ring (bicyclic) bond motifs is 1. The van der Waals surface area contributed by atoms with Crippen LogP contribution in [0.5, 0.6) is 0 Å². The van der Waals surface area contributed by atoms with E-state index < -0.39 is 17.3 Å². The van der Waals surface area contributed by atoms with Gasteiger partial charge in [0.05, 0.1) is 16.7 Å². The van der Waals surface area contributed by atoms with E-state index in [4.69, 9.17) is 0 Å². The number of benzene rings is 1. The number of nitrogens with one attached hydrogen (secondary N) is 2. The fourth-order valence-electron chi connectivity index (χ4n) is 2.66. The van der Waals surface area contributed by atoms with Crippen molar-refractivity contribution in [1.29, 1.82) is 0 Å². The van der Waals surface area contributed by atoms with Crippen LogP contribution < -0.4 is 10.9 Å². The number of H-pyrrole nitrogens is 1. The number of nitrogens with zero attached hydrogens (tertiary/aromatic N) is 3. The lowest BCUT2D eigenvalue weighted by molar-refractivity contribution is 0.102. The molecule has 3 rings (SSSR count). The number of carbonyl (C=O) groups excluding carboxylic acids is 1. The molecule has 2 aromatic heterocycles. The van der Waals surface area contributed by atoms with Crippen molar-refractivity contribution in [2.24, 2.45) is 7.05 Å². The topological polar surface area (TPSA) is 92.7 Å². The van der Waals surface area contributed by atoms with Crippen LogP contribution >= 0.6 is 0 Å². The number of aryl methyl sites for hydroxylation is 2. The number of aromatic nitrogens is 4. The van der Waals surface area contributed by atoms with Crippen LogP contribution in [0, 0.1) is 12.7 Å². The van der Waals surface area contributed by atoms with E-state index in [1.54, 1.807) is 24.6 Å². The largest absolute Gasteiger partial charge is 0.313 e. The Labute approximate surface area is 149 Å². The number of halogens is 1. The second-order valence-electron chi connectivity index (χ2n) is 7.21. The molecule has 0 aliphatic carbocycles. The predicted molar refractivity (Wildman–Crippen MR) is 96.9 cm³/mol. The molecule has 0 fully saturated rings. The summed E-state index contributed by atoms with van der Waals surface area (Å²) < 4.78 is 15.0. The number of amides is 1. The lowest BCUT2D eigenvalue weighted by Gasteiger charge is -2.18. The van der Waals surface area contributed by atoms with E-state index >= 15 is 0 Å². The normalized spacial score (nSPS) is 11.8. The van der Waals surface area contributed by atoms with Gasteiger partial charge in [0.15, 0.2) is 0 Å². The summed E-state index contributed by atoms with van der Waals surface area (Å²) in [5, 5.41) is 2.61. The highest BCUT2D eigenvalue weighted by Gasteiger charge is 2.23. The number of carbonyl (C=O) groups is 1. The van der Waals surface area contributed by atoms with Crippen LogP contribution in [0.1, 0.15) is 42.6 Å². The van der Waals surface area contributed by atoms with Crippen LogP contribution in [0.15, 0.2) is 23.0 Å². The third-order valence-electron chi connectivity index (χ3n) is 4.11. The van der Waals surface area contributed by atoms with E-state index in [1.807, 2.05) is 20.8 Å². The summed E-state index contributed by atoms with van der Waals surface area (Å²) in [7, 11) is 1.70. The van der Waals surface area contributed by atoms with Gasteiger partial charge in [0, 0.05) is 18.5 Å². The van der Waals surface area contributed by atoms with E-state index in [-0.39, 0.29) is 16.9 Å². The first kappa shape index (κ1) is 17.8. The molecule has 1 aromatic carbocycles. The molecule has 0 bridgehead atoms.